The molecule has 0 bridgehead atoms. The lowest BCUT2D eigenvalue weighted by molar-refractivity contribution is -0.118. The quantitative estimate of drug-likeness (QED) is 0.738. The highest BCUT2D eigenvalue weighted by atomic mass is 16.5. The van der Waals surface area contributed by atoms with Gasteiger partial charge in [-0.3, -0.25) is 4.79 Å². The van der Waals surface area contributed by atoms with E-state index in [0.29, 0.717) is 0 Å². The zero-order chi connectivity index (χ0) is 13.7. The Hall–Kier alpha value is -1.57. The van der Waals surface area contributed by atoms with Crippen molar-refractivity contribution in [1.82, 2.24) is 0 Å². The fourth-order valence-electron chi connectivity index (χ4n) is 2.23. The molecular weight excluding hydrogens is 236 g/mol. The first kappa shape index (κ1) is 13.9. The highest BCUT2D eigenvalue weighted by molar-refractivity contribution is 5.99. The Balaban J connectivity index is 2.02. The number of unbranched alkanes of at least 4 members (excludes halogenated alkanes) is 1. The third-order valence-corrected chi connectivity index (χ3v) is 3.64. The number of hydrogen-bond donors (Lipinski definition) is 0. The Morgan fingerprint density at radius 3 is 2.63 bits per heavy atom. The Morgan fingerprint density at radius 1 is 1.26 bits per heavy atom. The van der Waals surface area contributed by atoms with Gasteiger partial charge >= 0.3 is 0 Å². The summed E-state index contributed by atoms with van der Waals surface area (Å²) in [4.78, 5) is 11.7. The highest BCUT2D eigenvalue weighted by Crippen LogP contribution is 2.29. The first-order chi connectivity index (χ1) is 9.20. The van der Waals surface area contributed by atoms with E-state index >= 15 is 0 Å². The summed E-state index contributed by atoms with van der Waals surface area (Å²) in [5.74, 6) is 1.35. The van der Waals surface area contributed by atoms with Crippen LogP contribution in [0.25, 0.3) is 5.57 Å². The topological polar surface area (TPSA) is 26.3 Å². The minimum Gasteiger partial charge on any atom is -0.494 e. The van der Waals surface area contributed by atoms with E-state index in [9.17, 15) is 4.79 Å². The summed E-state index contributed by atoms with van der Waals surface area (Å²) >= 11 is 0. The number of carbonyl (C=O) groups is 1. The molecule has 102 valence electrons. The molecule has 0 saturated heterocycles. The lowest BCUT2D eigenvalue weighted by Gasteiger charge is -2.17. The molecule has 0 spiro atoms. The van der Waals surface area contributed by atoms with E-state index in [4.69, 9.17) is 4.74 Å². The third-order valence-electron chi connectivity index (χ3n) is 3.64. The first-order valence-corrected chi connectivity index (χ1v) is 7.18. The molecule has 1 aromatic carbocycles. The summed E-state index contributed by atoms with van der Waals surface area (Å²) in [5, 5.41) is 0. The van der Waals surface area contributed by atoms with Crippen LogP contribution < -0.4 is 4.74 Å². The van der Waals surface area contributed by atoms with E-state index in [1.165, 1.54) is 0 Å². The summed E-state index contributed by atoms with van der Waals surface area (Å²) in [7, 11) is 0. The molecule has 2 nitrogen and oxygen atoms in total. The van der Waals surface area contributed by atoms with Gasteiger partial charge in [0.1, 0.15) is 5.75 Å². The predicted octanol–water partition coefficient (Wildman–Crippen LogP) is 4.25. The number of benzene rings is 1. The molecule has 0 radical (unpaired) electrons. The van der Waals surface area contributed by atoms with E-state index in [1.807, 2.05) is 19.1 Å². The molecule has 0 fully saturated rings. The maximum atomic E-state index is 11.7. The number of ether oxygens (including phenoxy) is 1. The SMILES string of the molecule is CCCCOc1ccc(C2=CC(=O)C(C)CC2)cc1. The predicted molar refractivity (Wildman–Crippen MR) is 78.2 cm³/mol. The van der Waals surface area contributed by atoms with Gasteiger partial charge in [-0.05, 0) is 48.6 Å². The molecule has 1 aliphatic rings. The van der Waals surface area contributed by atoms with Crippen molar-refractivity contribution in [2.75, 3.05) is 6.61 Å². The van der Waals surface area contributed by atoms with Gasteiger partial charge in [-0.1, -0.05) is 32.4 Å². The van der Waals surface area contributed by atoms with Crippen LogP contribution in [0.15, 0.2) is 30.3 Å². The number of allylic oxidation sites excluding steroid dienone is 2. The molecule has 0 amide bonds. The van der Waals surface area contributed by atoms with Gasteiger partial charge in [0.15, 0.2) is 5.78 Å². The van der Waals surface area contributed by atoms with Crippen LogP contribution in [0.3, 0.4) is 0 Å². The Bertz CT molecular complexity index is 457. The zero-order valence-electron chi connectivity index (χ0n) is 11.8. The second-order valence-corrected chi connectivity index (χ2v) is 5.24. The van der Waals surface area contributed by atoms with Gasteiger partial charge in [-0.2, -0.15) is 0 Å². The van der Waals surface area contributed by atoms with Crippen LogP contribution in [-0.4, -0.2) is 12.4 Å². The fourth-order valence-corrected chi connectivity index (χ4v) is 2.23. The van der Waals surface area contributed by atoms with E-state index in [0.717, 1.165) is 49.2 Å². The number of rotatable bonds is 5. The molecular formula is C17H22O2. The molecule has 0 saturated carbocycles. The summed E-state index contributed by atoms with van der Waals surface area (Å²) in [6.45, 7) is 4.93. The Labute approximate surface area is 115 Å². The molecule has 1 aliphatic carbocycles. The standard InChI is InChI=1S/C17H22O2/c1-3-4-11-19-16-9-7-14(8-10-16)15-6-5-13(2)17(18)12-15/h7-10,12-13H,3-6,11H2,1-2H3. The van der Waals surface area contributed by atoms with Crippen molar-refractivity contribution in [3.8, 4) is 5.75 Å². The van der Waals surface area contributed by atoms with Gasteiger partial charge in [-0.15, -0.1) is 0 Å². The van der Waals surface area contributed by atoms with Crippen LogP contribution in [-0.2, 0) is 4.79 Å². The Morgan fingerprint density at radius 2 is 2.00 bits per heavy atom. The molecule has 2 heteroatoms. The molecule has 0 heterocycles. The van der Waals surface area contributed by atoms with Crippen molar-refractivity contribution in [2.24, 2.45) is 5.92 Å². The number of carbonyl (C=O) groups excluding carboxylic acids is 1. The zero-order valence-corrected chi connectivity index (χ0v) is 11.8. The summed E-state index contributed by atoms with van der Waals surface area (Å²) < 4.78 is 5.64. The maximum Gasteiger partial charge on any atom is 0.158 e. The van der Waals surface area contributed by atoms with Crippen LogP contribution >= 0.6 is 0 Å². The van der Waals surface area contributed by atoms with Gasteiger partial charge in [0.2, 0.25) is 0 Å². The highest BCUT2D eigenvalue weighted by Gasteiger charge is 2.18. The van der Waals surface area contributed by atoms with Crippen molar-refractivity contribution >= 4 is 11.4 Å². The third kappa shape index (κ3) is 3.69. The maximum absolute atomic E-state index is 11.7. The molecule has 1 unspecified atom stereocenters. The molecule has 0 aliphatic heterocycles. The van der Waals surface area contributed by atoms with Crippen molar-refractivity contribution in [1.29, 1.82) is 0 Å². The van der Waals surface area contributed by atoms with Crippen LogP contribution in [0.5, 0.6) is 5.75 Å². The first-order valence-electron chi connectivity index (χ1n) is 7.18. The van der Waals surface area contributed by atoms with Crippen molar-refractivity contribution < 1.29 is 9.53 Å². The summed E-state index contributed by atoms with van der Waals surface area (Å²) in [5.41, 5.74) is 2.30. The van der Waals surface area contributed by atoms with Gasteiger partial charge in [0, 0.05) is 5.92 Å². The van der Waals surface area contributed by atoms with E-state index < -0.39 is 0 Å². The van der Waals surface area contributed by atoms with Crippen molar-refractivity contribution in [3.63, 3.8) is 0 Å². The number of hydrogen-bond acceptors (Lipinski definition) is 2. The molecule has 0 N–H and O–H groups in total. The van der Waals surface area contributed by atoms with Crippen molar-refractivity contribution in [2.45, 2.75) is 39.5 Å². The monoisotopic (exact) mass is 258 g/mol. The van der Waals surface area contributed by atoms with E-state index in [-0.39, 0.29) is 11.7 Å². The molecule has 2 rings (SSSR count). The van der Waals surface area contributed by atoms with Crippen LogP contribution in [0.1, 0.15) is 45.1 Å². The van der Waals surface area contributed by atoms with Gasteiger partial charge < -0.3 is 4.74 Å². The van der Waals surface area contributed by atoms with Gasteiger partial charge in [-0.25, -0.2) is 0 Å². The average Bonchev–Trinajstić information content (AvgIpc) is 2.43. The molecule has 19 heavy (non-hydrogen) atoms. The minimum atomic E-state index is 0.181. The largest absolute Gasteiger partial charge is 0.494 e. The molecule has 1 aromatic rings. The summed E-state index contributed by atoms with van der Waals surface area (Å²) in [6, 6.07) is 8.09. The number of ketones is 1. The van der Waals surface area contributed by atoms with Gasteiger partial charge in [0.05, 0.1) is 6.61 Å². The van der Waals surface area contributed by atoms with E-state index in [2.05, 4.69) is 19.1 Å². The second-order valence-electron chi connectivity index (χ2n) is 5.24. The van der Waals surface area contributed by atoms with Crippen LogP contribution in [0.2, 0.25) is 0 Å². The van der Waals surface area contributed by atoms with Crippen molar-refractivity contribution in [3.05, 3.63) is 35.9 Å². The average molecular weight is 258 g/mol. The lowest BCUT2D eigenvalue weighted by atomic mass is 9.87. The van der Waals surface area contributed by atoms with Crippen LogP contribution in [0.4, 0.5) is 0 Å². The normalized spacial score (nSPS) is 19.2. The minimum absolute atomic E-state index is 0.181. The lowest BCUT2D eigenvalue weighted by Crippen LogP contribution is -2.13. The van der Waals surface area contributed by atoms with Gasteiger partial charge in [0.25, 0.3) is 0 Å². The van der Waals surface area contributed by atoms with Crippen LogP contribution in [0, 0.1) is 5.92 Å². The fraction of sp³-hybridized carbons (Fsp3) is 0.471. The van der Waals surface area contributed by atoms with E-state index in [1.54, 1.807) is 6.08 Å². The Kier molecular flexibility index (Phi) is 4.78. The molecule has 1 atom stereocenters. The molecule has 0 aromatic heterocycles. The second kappa shape index (κ2) is 6.55. The smallest absolute Gasteiger partial charge is 0.158 e. The summed E-state index contributed by atoms with van der Waals surface area (Å²) in [6.07, 6.45) is 5.98.